The molecule has 2 aromatic heterocycles. The van der Waals surface area contributed by atoms with Gasteiger partial charge < -0.3 is 4.52 Å². The number of rotatable bonds is 4. The summed E-state index contributed by atoms with van der Waals surface area (Å²) in [4.78, 5) is 0.0659. The van der Waals surface area contributed by atoms with E-state index in [2.05, 4.69) is 25.4 Å². The van der Waals surface area contributed by atoms with Gasteiger partial charge in [0.05, 0.1) is 10.6 Å². The second kappa shape index (κ2) is 4.98. The Hall–Kier alpha value is -2.75. The predicted molar refractivity (Wildman–Crippen MR) is 71.2 cm³/mol. The molecule has 3 rings (SSSR count). The lowest BCUT2D eigenvalue weighted by atomic mass is 10.3. The molecule has 108 valence electrons. The zero-order chi connectivity index (χ0) is 14.9. The second-order valence-corrected chi connectivity index (χ2v) is 5.86. The van der Waals surface area contributed by atoms with Crippen LogP contribution in [0.15, 0.2) is 46.1 Å². The van der Waals surface area contributed by atoms with E-state index in [-0.39, 0.29) is 10.7 Å². The van der Waals surface area contributed by atoms with Crippen molar-refractivity contribution in [3.8, 4) is 5.69 Å². The molecule has 10 heteroatoms. The fraction of sp³-hybridized carbons (Fsp3) is 0.0909. The number of sulfonamides is 1. The molecule has 0 amide bonds. The SMILES string of the molecule is Cc1cc(NS(=O)(=O)c2cccc(-n3cnnn3)c2)no1. The van der Waals surface area contributed by atoms with E-state index in [1.807, 2.05) is 0 Å². The fourth-order valence-corrected chi connectivity index (χ4v) is 2.71. The number of hydrogen-bond acceptors (Lipinski definition) is 7. The van der Waals surface area contributed by atoms with E-state index in [0.717, 1.165) is 0 Å². The van der Waals surface area contributed by atoms with E-state index in [9.17, 15) is 8.42 Å². The van der Waals surface area contributed by atoms with Gasteiger partial charge in [0.2, 0.25) is 0 Å². The molecular weight excluding hydrogens is 296 g/mol. The number of benzene rings is 1. The summed E-state index contributed by atoms with van der Waals surface area (Å²) < 4.78 is 33.1. The summed E-state index contributed by atoms with van der Waals surface area (Å²) in [6, 6.07) is 7.69. The highest BCUT2D eigenvalue weighted by Crippen LogP contribution is 2.18. The van der Waals surface area contributed by atoms with Gasteiger partial charge in [-0.1, -0.05) is 11.2 Å². The molecule has 0 atom stereocenters. The Morgan fingerprint density at radius 3 is 2.81 bits per heavy atom. The van der Waals surface area contributed by atoms with Gasteiger partial charge in [-0.3, -0.25) is 4.72 Å². The number of tetrazole rings is 1. The van der Waals surface area contributed by atoms with Crippen molar-refractivity contribution >= 4 is 15.8 Å². The highest BCUT2D eigenvalue weighted by molar-refractivity contribution is 7.92. The van der Waals surface area contributed by atoms with Crippen molar-refractivity contribution in [1.29, 1.82) is 0 Å². The van der Waals surface area contributed by atoms with E-state index >= 15 is 0 Å². The number of anilines is 1. The third-order valence-corrected chi connectivity index (χ3v) is 3.96. The summed E-state index contributed by atoms with van der Waals surface area (Å²) in [6.07, 6.45) is 1.38. The zero-order valence-electron chi connectivity index (χ0n) is 10.8. The molecule has 0 spiro atoms. The van der Waals surface area contributed by atoms with E-state index in [1.165, 1.54) is 29.2 Å². The molecule has 0 aliphatic rings. The first kappa shape index (κ1) is 13.2. The summed E-state index contributed by atoms with van der Waals surface area (Å²) in [5.74, 6) is 0.635. The quantitative estimate of drug-likeness (QED) is 0.756. The number of aromatic nitrogens is 5. The molecule has 9 nitrogen and oxygen atoms in total. The van der Waals surface area contributed by atoms with Crippen LogP contribution in [0.1, 0.15) is 5.76 Å². The molecule has 21 heavy (non-hydrogen) atoms. The van der Waals surface area contributed by atoms with Crippen molar-refractivity contribution < 1.29 is 12.9 Å². The van der Waals surface area contributed by atoms with Crippen molar-refractivity contribution in [2.45, 2.75) is 11.8 Å². The fourth-order valence-electron chi connectivity index (χ4n) is 1.68. The van der Waals surface area contributed by atoms with Gasteiger partial charge in [0.15, 0.2) is 5.82 Å². The Morgan fingerprint density at radius 1 is 1.29 bits per heavy atom. The standard InChI is InChI=1S/C11H10N6O3S/c1-8-5-11(13-20-8)14-21(18,19)10-4-2-3-9(6-10)17-7-12-15-16-17/h2-7H,1H3,(H,13,14). The minimum absolute atomic E-state index is 0.0659. The molecule has 0 aliphatic heterocycles. The van der Waals surface area contributed by atoms with Crippen LogP contribution in [0.5, 0.6) is 0 Å². The van der Waals surface area contributed by atoms with Gasteiger partial charge in [0.1, 0.15) is 12.1 Å². The molecule has 0 unspecified atom stereocenters. The van der Waals surface area contributed by atoms with Gasteiger partial charge in [-0.05, 0) is 35.5 Å². The molecule has 2 heterocycles. The van der Waals surface area contributed by atoms with Crippen molar-refractivity contribution in [2.75, 3.05) is 4.72 Å². The summed E-state index contributed by atoms with van der Waals surface area (Å²) in [5, 5.41) is 14.3. The zero-order valence-corrected chi connectivity index (χ0v) is 11.6. The molecular formula is C11H10N6O3S. The van der Waals surface area contributed by atoms with Crippen LogP contribution in [-0.2, 0) is 10.0 Å². The van der Waals surface area contributed by atoms with E-state index in [4.69, 9.17) is 4.52 Å². The summed E-state index contributed by atoms with van der Waals surface area (Å²) in [5.41, 5.74) is 0.527. The van der Waals surface area contributed by atoms with Crippen LogP contribution in [0.25, 0.3) is 5.69 Å². The maximum absolute atomic E-state index is 12.3. The van der Waals surface area contributed by atoms with E-state index in [1.54, 1.807) is 19.1 Å². The van der Waals surface area contributed by atoms with Crippen LogP contribution in [-0.4, -0.2) is 33.8 Å². The van der Waals surface area contributed by atoms with E-state index in [0.29, 0.717) is 11.4 Å². The van der Waals surface area contributed by atoms with Gasteiger partial charge in [0.25, 0.3) is 10.0 Å². The maximum atomic E-state index is 12.3. The first-order chi connectivity index (χ1) is 10.0. The van der Waals surface area contributed by atoms with Crippen molar-refractivity contribution in [2.24, 2.45) is 0 Å². The summed E-state index contributed by atoms with van der Waals surface area (Å²) >= 11 is 0. The molecule has 0 bridgehead atoms. The Kier molecular flexibility index (Phi) is 3.14. The van der Waals surface area contributed by atoms with Crippen molar-refractivity contribution in [3.05, 3.63) is 42.4 Å². The Balaban J connectivity index is 1.94. The number of hydrogen-bond donors (Lipinski definition) is 1. The highest BCUT2D eigenvalue weighted by Gasteiger charge is 2.17. The molecule has 0 saturated carbocycles. The second-order valence-electron chi connectivity index (χ2n) is 4.18. The van der Waals surface area contributed by atoms with Gasteiger partial charge in [-0.15, -0.1) is 5.10 Å². The molecule has 1 N–H and O–H groups in total. The van der Waals surface area contributed by atoms with Crippen LogP contribution in [0.2, 0.25) is 0 Å². The maximum Gasteiger partial charge on any atom is 0.263 e. The third kappa shape index (κ3) is 2.74. The predicted octanol–water partition coefficient (Wildman–Crippen LogP) is 0.760. The summed E-state index contributed by atoms with van der Waals surface area (Å²) in [6.45, 7) is 1.67. The Morgan fingerprint density at radius 2 is 2.14 bits per heavy atom. The lowest BCUT2D eigenvalue weighted by Crippen LogP contribution is -2.13. The average molecular weight is 306 g/mol. The normalized spacial score (nSPS) is 11.5. The van der Waals surface area contributed by atoms with Crippen LogP contribution in [0, 0.1) is 6.92 Å². The molecule has 0 radical (unpaired) electrons. The lowest BCUT2D eigenvalue weighted by molar-refractivity contribution is 0.400. The topological polar surface area (TPSA) is 116 Å². The monoisotopic (exact) mass is 306 g/mol. The Labute approximate surface area is 119 Å². The first-order valence-electron chi connectivity index (χ1n) is 5.84. The first-order valence-corrected chi connectivity index (χ1v) is 7.32. The van der Waals surface area contributed by atoms with Crippen LogP contribution < -0.4 is 4.72 Å². The Bertz CT molecular complexity index is 856. The average Bonchev–Trinajstić information content (AvgIpc) is 3.10. The van der Waals surface area contributed by atoms with Crippen LogP contribution in [0.4, 0.5) is 5.82 Å². The van der Waals surface area contributed by atoms with Crippen LogP contribution >= 0.6 is 0 Å². The van der Waals surface area contributed by atoms with Crippen molar-refractivity contribution in [1.82, 2.24) is 25.4 Å². The minimum atomic E-state index is -3.77. The smallest absolute Gasteiger partial charge is 0.263 e. The molecule has 0 fully saturated rings. The van der Waals surface area contributed by atoms with Gasteiger partial charge >= 0.3 is 0 Å². The minimum Gasteiger partial charge on any atom is -0.360 e. The number of aryl methyl sites for hydroxylation is 1. The largest absolute Gasteiger partial charge is 0.360 e. The van der Waals surface area contributed by atoms with Gasteiger partial charge in [-0.2, -0.15) is 0 Å². The summed E-state index contributed by atoms with van der Waals surface area (Å²) in [7, 11) is -3.77. The molecule has 0 aliphatic carbocycles. The van der Waals surface area contributed by atoms with Gasteiger partial charge in [0, 0.05) is 6.07 Å². The van der Waals surface area contributed by atoms with Crippen molar-refractivity contribution in [3.63, 3.8) is 0 Å². The molecule has 3 aromatic rings. The lowest BCUT2D eigenvalue weighted by Gasteiger charge is -2.06. The number of nitrogens with one attached hydrogen (secondary N) is 1. The van der Waals surface area contributed by atoms with Crippen LogP contribution in [0.3, 0.4) is 0 Å². The highest BCUT2D eigenvalue weighted by atomic mass is 32.2. The molecule has 1 aromatic carbocycles. The van der Waals surface area contributed by atoms with Gasteiger partial charge in [-0.25, -0.2) is 13.1 Å². The third-order valence-electron chi connectivity index (χ3n) is 2.61. The van der Waals surface area contributed by atoms with E-state index < -0.39 is 10.0 Å². The molecule has 0 saturated heterocycles. The number of nitrogens with zero attached hydrogens (tertiary/aromatic N) is 5.